The second-order valence-corrected chi connectivity index (χ2v) is 9.62. The van der Waals surface area contributed by atoms with Crippen molar-refractivity contribution >= 4 is 6.03 Å². The van der Waals surface area contributed by atoms with Crippen LogP contribution in [-0.2, 0) is 6.42 Å². The van der Waals surface area contributed by atoms with Crippen LogP contribution < -0.4 is 5.32 Å². The van der Waals surface area contributed by atoms with Crippen molar-refractivity contribution in [2.24, 2.45) is 11.8 Å². The van der Waals surface area contributed by atoms with E-state index in [4.69, 9.17) is 0 Å². The van der Waals surface area contributed by atoms with Gasteiger partial charge in [0.15, 0.2) is 0 Å². The monoisotopic (exact) mass is 413 g/mol. The van der Waals surface area contributed by atoms with Crippen LogP contribution >= 0.6 is 0 Å². The third-order valence-corrected chi connectivity index (χ3v) is 7.25. The minimum Gasteiger partial charge on any atom is -0.338 e. The minimum atomic E-state index is 0.157. The first-order valence-corrected chi connectivity index (χ1v) is 12.7. The van der Waals surface area contributed by atoms with Gasteiger partial charge in [0.1, 0.15) is 0 Å². The van der Waals surface area contributed by atoms with Gasteiger partial charge in [0, 0.05) is 32.0 Å². The lowest BCUT2D eigenvalue weighted by molar-refractivity contribution is 0.186. The van der Waals surface area contributed by atoms with Crippen LogP contribution in [0.4, 0.5) is 4.79 Å². The number of carbonyl (C=O) groups excluding carboxylic acids is 1. The average molecular weight is 414 g/mol. The Morgan fingerprint density at radius 2 is 1.50 bits per heavy atom. The Morgan fingerprint density at radius 3 is 2.17 bits per heavy atom. The number of aryl methyl sites for hydroxylation is 1. The highest BCUT2D eigenvalue weighted by Gasteiger charge is 2.19. The number of nitrogens with zero attached hydrogens (tertiary/aromatic N) is 2. The second-order valence-electron chi connectivity index (χ2n) is 9.62. The van der Waals surface area contributed by atoms with Gasteiger partial charge in [-0.15, -0.1) is 0 Å². The van der Waals surface area contributed by atoms with Crippen LogP contribution in [0.1, 0.15) is 95.5 Å². The van der Waals surface area contributed by atoms with E-state index in [9.17, 15) is 4.79 Å². The molecule has 0 unspecified atom stereocenters. The molecule has 2 fully saturated rings. The van der Waals surface area contributed by atoms with Crippen LogP contribution in [0.5, 0.6) is 0 Å². The van der Waals surface area contributed by atoms with Gasteiger partial charge in [-0.2, -0.15) is 0 Å². The molecule has 0 atom stereocenters. The molecule has 4 heteroatoms. The molecule has 4 nitrogen and oxygen atoms in total. The molecule has 1 aromatic heterocycles. The Labute approximate surface area is 184 Å². The zero-order valence-electron chi connectivity index (χ0n) is 19.0. The van der Waals surface area contributed by atoms with Gasteiger partial charge in [-0.25, -0.2) is 4.79 Å². The largest absolute Gasteiger partial charge is 0.338 e. The second kappa shape index (κ2) is 13.7. The molecule has 168 valence electrons. The van der Waals surface area contributed by atoms with Crippen LogP contribution in [-0.4, -0.2) is 35.5 Å². The molecule has 1 heterocycles. The fourth-order valence-electron chi connectivity index (χ4n) is 5.32. The van der Waals surface area contributed by atoms with Gasteiger partial charge in [-0.3, -0.25) is 4.98 Å². The molecule has 1 N–H and O–H groups in total. The van der Waals surface area contributed by atoms with Crippen LogP contribution in [0, 0.1) is 11.8 Å². The lowest BCUT2D eigenvalue weighted by atomic mass is 9.86. The summed E-state index contributed by atoms with van der Waals surface area (Å²) in [6.07, 6.45) is 23.3. The van der Waals surface area contributed by atoms with Gasteiger partial charge in [0.25, 0.3) is 0 Å². The van der Waals surface area contributed by atoms with Crippen LogP contribution in [0.15, 0.2) is 24.5 Å². The molecule has 0 spiro atoms. The average Bonchev–Trinajstić information content (AvgIpc) is 2.81. The predicted octanol–water partition coefficient (Wildman–Crippen LogP) is 6.36. The quantitative estimate of drug-likeness (QED) is 0.429. The summed E-state index contributed by atoms with van der Waals surface area (Å²) in [7, 11) is 0. The van der Waals surface area contributed by atoms with Crippen molar-refractivity contribution < 1.29 is 4.79 Å². The summed E-state index contributed by atoms with van der Waals surface area (Å²) in [6, 6.07) is 4.27. The Kier molecular flexibility index (Phi) is 10.5. The molecule has 0 aliphatic heterocycles. The van der Waals surface area contributed by atoms with Crippen molar-refractivity contribution in [3.05, 3.63) is 30.1 Å². The molecular weight excluding hydrogens is 370 g/mol. The molecule has 0 saturated heterocycles. The molecule has 0 bridgehead atoms. The molecule has 3 rings (SSSR count). The van der Waals surface area contributed by atoms with E-state index in [0.29, 0.717) is 0 Å². The lowest BCUT2D eigenvalue weighted by Gasteiger charge is -2.28. The first kappa shape index (κ1) is 23.1. The molecule has 0 aromatic carbocycles. The number of carbonyl (C=O) groups is 1. The molecule has 2 amide bonds. The number of urea groups is 1. The molecule has 2 aliphatic rings. The SMILES string of the molecule is O=C(NCCCc1ccncc1)N(CCCC1CCCCC1)CCC1CCCCC1. The third-order valence-electron chi connectivity index (χ3n) is 7.25. The fraction of sp³-hybridized carbons (Fsp3) is 0.769. The fourth-order valence-corrected chi connectivity index (χ4v) is 5.32. The zero-order valence-corrected chi connectivity index (χ0v) is 19.0. The lowest BCUT2D eigenvalue weighted by Crippen LogP contribution is -2.42. The number of nitrogens with one attached hydrogen (secondary N) is 1. The van der Waals surface area contributed by atoms with Crippen molar-refractivity contribution in [2.45, 2.75) is 96.3 Å². The summed E-state index contributed by atoms with van der Waals surface area (Å²) in [4.78, 5) is 19.1. The first-order valence-electron chi connectivity index (χ1n) is 12.7. The summed E-state index contributed by atoms with van der Waals surface area (Å²) in [6.45, 7) is 2.62. The molecule has 2 aliphatic carbocycles. The van der Waals surface area contributed by atoms with E-state index in [0.717, 1.165) is 44.3 Å². The van der Waals surface area contributed by atoms with E-state index in [1.54, 1.807) is 0 Å². The van der Waals surface area contributed by atoms with E-state index in [-0.39, 0.29) is 6.03 Å². The van der Waals surface area contributed by atoms with Crippen molar-refractivity contribution in [3.8, 4) is 0 Å². The summed E-state index contributed by atoms with van der Waals surface area (Å²) in [5.74, 6) is 1.74. The van der Waals surface area contributed by atoms with Gasteiger partial charge in [0.2, 0.25) is 0 Å². The normalized spacial score (nSPS) is 18.3. The molecule has 2 saturated carbocycles. The number of aromatic nitrogens is 1. The number of pyridine rings is 1. The van der Waals surface area contributed by atoms with Crippen LogP contribution in [0.2, 0.25) is 0 Å². The Balaban J connectivity index is 1.39. The van der Waals surface area contributed by atoms with Gasteiger partial charge >= 0.3 is 6.03 Å². The Hall–Kier alpha value is -1.58. The van der Waals surface area contributed by atoms with Crippen molar-refractivity contribution in [1.82, 2.24) is 15.2 Å². The van der Waals surface area contributed by atoms with Gasteiger partial charge in [-0.1, -0.05) is 64.2 Å². The van der Waals surface area contributed by atoms with Gasteiger partial charge in [0.05, 0.1) is 0 Å². The molecule has 1 aromatic rings. The Morgan fingerprint density at radius 1 is 0.867 bits per heavy atom. The highest BCUT2D eigenvalue weighted by atomic mass is 16.2. The standard InChI is InChI=1S/C26H43N3O/c30-26(28-18-7-13-25-15-19-27-20-16-25)29(22-17-24-11-5-2-6-12-24)21-8-14-23-9-3-1-4-10-23/h15-16,19-20,23-24H,1-14,17-18,21-22H2,(H,28,30). The Bertz CT molecular complexity index is 579. The van der Waals surface area contributed by atoms with E-state index < -0.39 is 0 Å². The van der Waals surface area contributed by atoms with E-state index in [2.05, 4.69) is 27.3 Å². The van der Waals surface area contributed by atoms with Gasteiger partial charge < -0.3 is 10.2 Å². The van der Waals surface area contributed by atoms with Crippen LogP contribution in [0.25, 0.3) is 0 Å². The van der Waals surface area contributed by atoms with Crippen LogP contribution in [0.3, 0.4) is 0 Å². The number of hydrogen-bond acceptors (Lipinski definition) is 2. The third kappa shape index (κ3) is 8.65. The highest BCUT2D eigenvalue weighted by molar-refractivity contribution is 5.74. The van der Waals surface area contributed by atoms with Gasteiger partial charge in [-0.05, 0) is 61.6 Å². The summed E-state index contributed by atoms with van der Waals surface area (Å²) >= 11 is 0. The number of rotatable bonds is 11. The molecule has 30 heavy (non-hydrogen) atoms. The zero-order chi connectivity index (χ0) is 20.9. The number of hydrogen-bond donors (Lipinski definition) is 1. The maximum absolute atomic E-state index is 12.9. The van der Waals surface area contributed by atoms with Crippen molar-refractivity contribution in [3.63, 3.8) is 0 Å². The smallest absolute Gasteiger partial charge is 0.317 e. The number of amides is 2. The summed E-state index contributed by atoms with van der Waals surface area (Å²) in [5, 5.41) is 3.20. The van der Waals surface area contributed by atoms with E-state index in [1.807, 2.05) is 12.4 Å². The van der Waals surface area contributed by atoms with E-state index >= 15 is 0 Å². The highest BCUT2D eigenvalue weighted by Crippen LogP contribution is 2.28. The summed E-state index contributed by atoms with van der Waals surface area (Å²) in [5.41, 5.74) is 1.29. The maximum atomic E-state index is 12.9. The van der Waals surface area contributed by atoms with Crippen molar-refractivity contribution in [1.29, 1.82) is 0 Å². The van der Waals surface area contributed by atoms with E-state index in [1.165, 1.54) is 89.0 Å². The first-order chi connectivity index (χ1) is 14.8. The molecular formula is C26H43N3O. The summed E-state index contributed by atoms with van der Waals surface area (Å²) < 4.78 is 0. The predicted molar refractivity (Wildman–Crippen MR) is 125 cm³/mol. The topological polar surface area (TPSA) is 45.2 Å². The minimum absolute atomic E-state index is 0.157. The molecule has 0 radical (unpaired) electrons. The maximum Gasteiger partial charge on any atom is 0.317 e. The van der Waals surface area contributed by atoms with Crippen molar-refractivity contribution in [2.75, 3.05) is 19.6 Å².